The van der Waals surface area contributed by atoms with Crippen molar-refractivity contribution in [1.82, 2.24) is 10.3 Å². The average Bonchev–Trinajstić information content (AvgIpc) is 2.80. The monoisotopic (exact) mass is 234 g/mol. The zero-order valence-corrected chi connectivity index (χ0v) is 10.2. The number of aryl methyl sites for hydroxylation is 1. The van der Waals surface area contributed by atoms with Gasteiger partial charge in [0.2, 0.25) is 5.91 Å². The van der Waals surface area contributed by atoms with Crippen molar-refractivity contribution in [3.05, 3.63) is 23.4 Å². The van der Waals surface area contributed by atoms with Crippen LogP contribution in [0.1, 0.15) is 22.5 Å². The Bertz CT molecular complexity index is 427. The number of amides is 1. The number of hydrogen-bond donors (Lipinski definition) is 2. The molecule has 2 heterocycles. The standard InChI is InChI=1S/C12H18N4O/c1-8-5-9(12(13)17)6-11(15-8)16(2)10-3-4-14-7-10/h5-6,10,14H,3-4,7H2,1-2H3,(H2,13,17). The molecule has 1 aliphatic heterocycles. The van der Waals surface area contributed by atoms with Gasteiger partial charge in [-0.15, -0.1) is 0 Å². The number of carbonyl (C=O) groups excluding carboxylic acids is 1. The van der Waals surface area contributed by atoms with Crippen molar-refractivity contribution in [1.29, 1.82) is 0 Å². The molecule has 1 unspecified atom stereocenters. The van der Waals surface area contributed by atoms with Crippen LogP contribution in [0, 0.1) is 6.92 Å². The number of anilines is 1. The van der Waals surface area contributed by atoms with Crippen LogP contribution in [-0.4, -0.2) is 37.1 Å². The zero-order valence-electron chi connectivity index (χ0n) is 10.2. The topological polar surface area (TPSA) is 71.2 Å². The SMILES string of the molecule is Cc1cc(C(N)=O)cc(N(C)C2CCNC2)n1. The van der Waals surface area contributed by atoms with Gasteiger partial charge in [-0.1, -0.05) is 0 Å². The van der Waals surface area contributed by atoms with Gasteiger partial charge in [-0.3, -0.25) is 4.79 Å². The highest BCUT2D eigenvalue weighted by atomic mass is 16.1. The summed E-state index contributed by atoms with van der Waals surface area (Å²) in [5.41, 5.74) is 6.64. The second-order valence-corrected chi connectivity index (χ2v) is 4.48. The van der Waals surface area contributed by atoms with Crippen molar-refractivity contribution < 1.29 is 4.79 Å². The molecule has 1 amide bonds. The van der Waals surface area contributed by atoms with Gasteiger partial charge < -0.3 is 16.0 Å². The molecule has 1 aliphatic rings. The molecule has 3 N–H and O–H groups in total. The van der Waals surface area contributed by atoms with Gasteiger partial charge in [0.1, 0.15) is 5.82 Å². The number of primary amides is 1. The van der Waals surface area contributed by atoms with Crippen LogP contribution in [0.5, 0.6) is 0 Å². The van der Waals surface area contributed by atoms with Gasteiger partial charge in [-0.05, 0) is 32.0 Å². The first-order chi connectivity index (χ1) is 8.08. The minimum Gasteiger partial charge on any atom is -0.366 e. The molecule has 1 aromatic rings. The fourth-order valence-corrected chi connectivity index (χ4v) is 2.13. The van der Waals surface area contributed by atoms with Crippen LogP contribution in [-0.2, 0) is 0 Å². The smallest absolute Gasteiger partial charge is 0.248 e. The van der Waals surface area contributed by atoms with E-state index >= 15 is 0 Å². The summed E-state index contributed by atoms with van der Waals surface area (Å²) in [6.07, 6.45) is 1.10. The zero-order chi connectivity index (χ0) is 12.4. The maximum Gasteiger partial charge on any atom is 0.248 e. The van der Waals surface area contributed by atoms with Crippen molar-refractivity contribution in [3.8, 4) is 0 Å². The molecule has 0 bridgehead atoms. The van der Waals surface area contributed by atoms with E-state index in [1.807, 2.05) is 14.0 Å². The van der Waals surface area contributed by atoms with Crippen LogP contribution < -0.4 is 16.0 Å². The molecule has 5 nitrogen and oxygen atoms in total. The van der Waals surface area contributed by atoms with Crippen molar-refractivity contribution in [2.45, 2.75) is 19.4 Å². The third-order valence-corrected chi connectivity index (χ3v) is 3.17. The van der Waals surface area contributed by atoms with Crippen molar-refractivity contribution in [3.63, 3.8) is 0 Å². The maximum absolute atomic E-state index is 11.2. The number of hydrogen-bond acceptors (Lipinski definition) is 4. The first kappa shape index (κ1) is 11.9. The molecule has 0 aromatic carbocycles. The van der Waals surface area contributed by atoms with E-state index in [0.29, 0.717) is 11.6 Å². The molecule has 0 aliphatic carbocycles. The number of rotatable bonds is 3. The molecule has 0 radical (unpaired) electrons. The number of nitrogens with two attached hydrogens (primary N) is 1. The quantitative estimate of drug-likeness (QED) is 0.788. The predicted molar refractivity (Wildman–Crippen MR) is 67.2 cm³/mol. The minimum atomic E-state index is -0.408. The van der Waals surface area contributed by atoms with Crippen molar-refractivity contribution in [2.75, 3.05) is 25.0 Å². The third-order valence-electron chi connectivity index (χ3n) is 3.17. The third kappa shape index (κ3) is 2.55. The Labute approximate surface area is 101 Å². The number of nitrogens with one attached hydrogen (secondary N) is 1. The number of pyridine rings is 1. The molecule has 17 heavy (non-hydrogen) atoms. The van der Waals surface area contributed by atoms with Gasteiger partial charge in [0.15, 0.2) is 0 Å². The average molecular weight is 234 g/mol. The van der Waals surface area contributed by atoms with E-state index in [1.54, 1.807) is 12.1 Å². The minimum absolute atomic E-state index is 0.408. The van der Waals surface area contributed by atoms with Gasteiger partial charge in [0.05, 0.1) is 0 Å². The Kier molecular flexibility index (Phi) is 3.28. The first-order valence-electron chi connectivity index (χ1n) is 5.80. The molecular weight excluding hydrogens is 216 g/mol. The van der Waals surface area contributed by atoms with Crippen molar-refractivity contribution >= 4 is 11.7 Å². The summed E-state index contributed by atoms with van der Waals surface area (Å²) in [4.78, 5) is 17.8. The van der Waals surface area contributed by atoms with Crippen LogP contribution in [0.15, 0.2) is 12.1 Å². The Hall–Kier alpha value is -1.62. The summed E-state index contributed by atoms with van der Waals surface area (Å²) in [5.74, 6) is 0.405. The second kappa shape index (κ2) is 4.71. The van der Waals surface area contributed by atoms with Gasteiger partial charge in [0.25, 0.3) is 0 Å². The molecule has 2 rings (SSSR count). The molecule has 0 saturated carbocycles. The number of carbonyl (C=O) groups is 1. The van der Waals surface area contributed by atoms with Gasteiger partial charge in [0, 0.05) is 30.9 Å². The summed E-state index contributed by atoms with van der Waals surface area (Å²) in [6.45, 7) is 3.86. The number of likely N-dealkylation sites (N-methyl/N-ethyl adjacent to an activating group) is 1. The predicted octanol–water partition coefficient (Wildman–Crippen LogP) is 0.287. The first-order valence-corrected chi connectivity index (χ1v) is 5.80. The van der Waals surface area contributed by atoms with Gasteiger partial charge in [-0.25, -0.2) is 4.98 Å². The number of aromatic nitrogens is 1. The Morgan fingerprint density at radius 2 is 2.35 bits per heavy atom. The lowest BCUT2D eigenvalue weighted by Gasteiger charge is -2.25. The van der Waals surface area contributed by atoms with Gasteiger partial charge in [-0.2, -0.15) is 0 Å². The van der Waals surface area contributed by atoms with Crippen LogP contribution in [0.3, 0.4) is 0 Å². The van der Waals surface area contributed by atoms with E-state index in [0.717, 1.165) is 31.0 Å². The lowest BCUT2D eigenvalue weighted by atomic mass is 10.2. The molecule has 5 heteroatoms. The van der Waals surface area contributed by atoms with E-state index in [9.17, 15) is 4.79 Å². The van der Waals surface area contributed by atoms with E-state index < -0.39 is 5.91 Å². The summed E-state index contributed by atoms with van der Waals surface area (Å²) in [7, 11) is 2.00. The summed E-state index contributed by atoms with van der Waals surface area (Å²) in [5, 5.41) is 3.31. The Balaban J connectivity index is 2.27. The van der Waals surface area contributed by atoms with E-state index in [-0.39, 0.29) is 0 Å². The van der Waals surface area contributed by atoms with Crippen LogP contribution >= 0.6 is 0 Å². The molecule has 1 saturated heterocycles. The lowest BCUT2D eigenvalue weighted by molar-refractivity contribution is 0.1000. The van der Waals surface area contributed by atoms with E-state index in [2.05, 4.69) is 15.2 Å². The Morgan fingerprint density at radius 1 is 1.59 bits per heavy atom. The highest BCUT2D eigenvalue weighted by molar-refractivity contribution is 5.93. The molecular formula is C12H18N4O. The summed E-state index contributed by atoms with van der Waals surface area (Å²) in [6, 6.07) is 3.91. The lowest BCUT2D eigenvalue weighted by Crippen LogP contribution is -2.34. The van der Waals surface area contributed by atoms with Crippen LogP contribution in [0.25, 0.3) is 0 Å². The molecule has 1 aromatic heterocycles. The normalized spacial score (nSPS) is 19.3. The highest BCUT2D eigenvalue weighted by Gasteiger charge is 2.21. The highest BCUT2D eigenvalue weighted by Crippen LogP contribution is 2.18. The second-order valence-electron chi connectivity index (χ2n) is 4.48. The molecule has 0 spiro atoms. The van der Waals surface area contributed by atoms with E-state index in [1.165, 1.54) is 0 Å². The molecule has 1 fully saturated rings. The molecule has 92 valence electrons. The van der Waals surface area contributed by atoms with Gasteiger partial charge >= 0.3 is 0 Å². The van der Waals surface area contributed by atoms with E-state index in [4.69, 9.17) is 5.73 Å². The maximum atomic E-state index is 11.2. The Morgan fingerprint density at radius 3 is 2.94 bits per heavy atom. The summed E-state index contributed by atoms with van der Waals surface area (Å²) < 4.78 is 0. The van der Waals surface area contributed by atoms with Crippen molar-refractivity contribution in [2.24, 2.45) is 5.73 Å². The van der Waals surface area contributed by atoms with Crippen LogP contribution in [0.2, 0.25) is 0 Å². The van der Waals surface area contributed by atoms with Crippen LogP contribution in [0.4, 0.5) is 5.82 Å². The fraction of sp³-hybridized carbons (Fsp3) is 0.500. The largest absolute Gasteiger partial charge is 0.366 e. The number of nitrogens with zero attached hydrogens (tertiary/aromatic N) is 2. The summed E-state index contributed by atoms with van der Waals surface area (Å²) >= 11 is 0. The fourth-order valence-electron chi connectivity index (χ4n) is 2.13. The molecule has 1 atom stereocenters.